The number of hydrogen-bond acceptors (Lipinski definition) is 1. The molecule has 0 aliphatic heterocycles. The van der Waals surface area contributed by atoms with Gasteiger partial charge >= 0.3 is 0 Å². The van der Waals surface area contributed by atoms with E-state index in [2.05, 4.69) is 42.7 Å². The Hall–Kier alpha value is -0.790. The Labute approximate surface area is 109 Å². The van der Waals surface area contributed by atoms with Gasteiger partial charge in [-0.25, -0.2) is 0 Å². The van der Waals surface area contributed by atoms with Crippen LogP contribution in [-0.2, 0) is 13.0 Å². The molecular formula is C15H20ClN. The number of hydrogen-bond donors (Lipinski definition) is 0. The van der Waals surface area contributed by atoms with Crippen molar-refractivity contribution in [2.45, 2.75) is 38.8 Å². The smallest absolute Gasteiger partial charge is 0.0342 e. The zero-order chi connectivity index (χ0) is 12.3. The van der Waals surface area contributed by atoms with Gasteiger partial charge < -0.3 is 0 Å². The minimum Gasteiger partial charge on any atom is -0.291 e. The van der Waals surface area contributed by atoms with Gasteiger partial charge in [-0.15, -0.1) is 0 Å². The number of aryl methyl sites for hydroxylation is 1. The summed E-state index contributed by atoms with van der Waals surface area (Å²) < 4.78 is 0. The predicted octanol–water partition coefficient (Wildman–Crippen LogP) is 3.97. The van der Waals surface area contributed by atoms with Gasteiger partial charge in [-0.1, -0.05) is 49.4 Å². The first-order valence-electron chi connectivity index (χ1n) is 6.34. The van der Waals surface area contributed by atoms with Gasteiger partial charge in [-0.2, -0.15) is 0 Å². The summed E-state index contributed by atoms with van der Waals surface area (Å²) in [4.78, 5) is 2.43. The Morgan fingerprint density at radius 3 is 2.35 bits per heavy atom. The topological polar surface area (TPSA) is 3.24 Å². The van der Waals surface area contributed by atoms with E-state index in [0.717, 1.165) is 30.6 Å². The van der Waals surface area contributed by atoms with Gasteiger partial charge in [0.25, 0.3) is 0 Å². The van der Waals surface area contributed by atoms with Crippen molar-refractivity contribution in [1.29, 1.82) is 0 Å². The van der Waals surface area contributed by atoms with Gasteiger partial charge in [0.2, 0.25) is 0 Å². The maximum Gasteiger partial charge on any atom is 0.0342 e. The van der Waals surface area contributed by atoms with E-state index in [4.69, 9.17) is 11.6 Å². The van der Waals surface area contributed by atoms with Crippen molar-refractivity contribution in [3.8, 4) is 0 Å². The molecule has 1 aliphatic rings. The molecule has 92 valence electrons. The summed E-state index contributed by atoms with van der Waals surface area (Å²) in [5.41, 5.74) is 2.76. The molecular weight excluding hydrogens is 230 g/mol. The van der Waals surface area contributed by atoms with E-state index in [1.54, 1.807) is 0 Å². The number of rotatable bonds is 6. The van der Waals surface area contributed by atoms with Crippen LogP contribution in [0.25, 0.3) is 0 Å². The highest BCUT2D eigenvalue weighted by Gasteiger charge is 2.28. The predicted molar refractivity (Wildman–Crippen MR) is 74.2 cm³/mol. The molecule has 17 heavy (non-hydrogen) atoms. The summed E-state index contributed by atoms with van der Waals surface area (Å²) >= 11 is 5.92. The van der Waals surface area contributed by atoms with Crippen LogP contribution in [-0.4, -0.2) is 17.5 Å². The van der Waals surface area contributed by atoms with Crippen LogP contribution in [0.5, 0.6) is 0 Å². The lowest BCUT2D eigenvalue weighted by molar-refractivity contribution is 0.281. The van der Waals surface area contributed by atoms with Crippen LogP contribution >= 0.6 is 11.6 Å². The molecule has 1 saturated carbocycles. The molecule has 0 spiro atoms. The molecule has 0 amide bonds. The molecule has 1 aliphatic carbocycles. The summed E-state index contributed by atoms with van der Waals surface area (Å²) in [6.07, 6.45) is 3.71. The molecule has 2 rings (SSSR count). The van der Waals surface area contributed by atoms with Crippen molar-refractivity contribution >= 4 is 11.6 Å². The van der Waals surface area contributed by atoms with Crippen LogP contribution in [0.3, 0.4) is 0 Å². The number of nitrogens with zero attached hydrogens (tertiary/aromatic N) is 1. The van der Waals surface area contributed by atoms with Crippen molar-refractivity contribution in [3.63, 3.8) is 0 Å². The first-order valence-corrected chi connectivity index (χ1v) is 6.72. The average Bonchev–Trinajstić information content (AvgIpc) is 3.12. The van der Waals surface area contributed by atoms with E-state index in [9.17, 15) is 0 Å². The Kier molecular flexibility index (Phi) is 4.25. The van der Waals surface area contributed by atoms with Crippen molar-refractivity contribution in [3.05, 3.63) is 47.0 Å². The molecule has 0 N–H and O–H groups in total. The maximum atomic E-state index is 5.92. The highest BCUT2D eigenvalue weighted by Crippen LogP contribution is 2.29. The third-order valence-electron chi connectivity index (χ3n) is 3.25. The van der Waals surface area contributed by atoms with Gasteiger partial charge in [-0.3, -0.25) is 4.90 Å². The van der Waals surface area contributed by atoms with Crippen LogP contribution < -0.4 is 0 Å². The van der Waals surface area contributed by atoms with Gasteiger partial charge in [0.05, 0.1) is 0 Å². The van der Waals surface area contributed by atoms with Gasteiger partial charge in [0.1, 0.15) is 0 Å². The molecule has 0 unspecified atom stereocenters. The van der Waals surface area contributed by atoms with Crippen LogP contribution in [0.15, 0.2) is 35.9 Å². The standard InChI is InChI=1S/C15H20ClN/c1-3-13-4-6-14(7-5-13)11-17(10-12(2)16)15-8-9-15/h4-7,15H,2-3,8-11H2,1H3. The Morgan fingerprint density at radius 1 is 1.29 bits per heavy atom. The summed E-state index contributed by atoms with van der Waals surface area (Å²) in [6, 6.07) is 9.61. The highest BCUT2D eigenvalue weighted by molar-refractivity contribution is 6.29. The summed E-state index contributed by atoms with van der Waals surface area (Å²) in [5, 5.41) is 0.738. The number of benzene rings is 1. The molecule has 1 fully saturated rings. The maximum absolute atomic E-state index is 5.92. The van der Waals surface area contributed by atoms with Crippen molar-refractivity contribution in [2.75, 3.05) is 6.54 Å². The molecule has 1 nitrogen and oxygen atoms in total. The fraction of sp³-hybridized carbons (Fsp3) is 0.467. The second-order valence-electron chi connectivity index (χ2n) is 4.82. The monoisotopic (exact) mass is 249 g/mol. The molecule has 1 aromatic rings. The first-order chi connectivity index (χ1) is 8.19. The SMILES string of the molecule is C=C(Cl)CN(Cc1ccc(CC)cc1)C1CC1. The summed E-state index contributed by atoms with van der Waals surface area (Å²) in [5.74, 6) is 0. The van der Waals surface area contributed by atoms with Crippen LogP contribution in [0.1, 0.15) is 30.9 Å². The first kappa shape index (κ1) is 12.7. The quantitative estimate of drug-likeness (QED) is 0.738. The zero-order valence-corrected chi connectivity index (χ0v) is 11.2. The van der Waals surface area contributed by atoms with Crippen molar-refractivity contribution in [1.82, 2.24) is 4.90 Å². The Morgan fingerprint density at radius 2 is 1.88 bits per heavy atom. The molecule has 0 saturated heterocycles. The normalized spacial score (nSPS) is 15.2. The molecule has 0 bridgehead atoms. The van der Waals surface area contributed by atoms with Gasteiger partial charge in [-0.05, 0) is 30.4 Å². The summed E-state index contributed by atoms with van der Waals surface area (Å²) in [7, 11) is 0. The molecule has 2 heteroatoms. The number of halogens is 1. The molecule has 1 aromatic carbocycles. The van der Waals surface area contributed by atoms with Crippen LogP contribution in [0, 0.1) is 0 Å². The van der Waals surface area contributed by atoms with E-state index in [0.29, 0.717) is 0 Å². The second kappa shape index (κ2) is 5.70. The largest absolute Gasteiger partial charge is 0.291 e. The van der Waals surface area contributed by atoms with E-state index in [1.807, 2.05) is 0 Å². The van der Waals surface area contributed by atoms with Gasteiger partial charge in [0, 0.05) is 24.2 Å². The third-order valence-corrected chi connectivity index (χ3v) is 3.37. The van der Waals surface area contributed by atoms with E-state index < -0.39 is 0 Å². The lowest BCUT2D eigenvalue weighted by Gasteiger charge is -2.21. The fourth-order valence-corrected chi connectivity index (χ4v) is 2.24. The lowest BCUT2D eigenvalue weighted by Crippen LogP contribution is -2.26. The average molecular weight is 250 g/mol. The van der Waals surface area contributed by atoms with Crippen LogP contribution in [0.2, 0.25) is 0 Å². The lowest BCUT2D eigenvalue weighted by atomic mass is 10.1. The Balaban J connectivity index is 1.98. The third kappa shape index (κ3) is 3.86. The molecule has 0 heterocycles. The summed E-state index contributed by atoms with van der Waals surface area (Å²) in [6.45, 7) is 7.78. The fourth-order valence-electron chi connectivity index (χ4n) is 2.09. The molecule has 0 radical (unpaired) electrons. The molecule has 0 atom stereocenters. The van der Waals surface area contributed by atoms with Crippen molar-refractivity contribution in [2.24, 2.45) is 0 Å². The highest BCUT2D eigenvalue weighted by atomic mass is 35.5. The van der Waals surface area contributed by atoms with E-state index in [1.165, 1.54) is 24.0 Å². The second-order valence-corrected chi connectivity index (χ2v) is 5.36. The minimum absolute atomic E-state index is 0.719. The van der Waals surface area contributed by atoms with Crippen molar-refractivity contribution < 1.29 is 0 Å². The minimum atomic E-state index is 0.719. The zero-order valence-electron chi connectivity index (χ0n) is 10.5. The van der Waals surface area contributed by atoms with Crippen LogP contribution in [0.4, 0.5) is 0 Å². The van der Waals surface area contributed by atoms with E-state index >= 15 is 0 Å². The van der Waals surface area contributed by atoms with Gasteiger partial charge in [0.15, 0.2) is 0 Å². The molecule has 0 aromatic heterocycles. The Bertz CT molecular complexity index is 378. The van der Waals surface area contributed by atoms with E-state index in [-0.39, 0.29) is 0 Å².